The van der Waals surface area contributed by atoms with Crippen LogP contribution in [-0.4, -0.2) is 25.7 Å². The number of anilines is 1. The molecule has 0 saturated carbocycles. The van der Waals surface area contributed by atoms with Crippen LogP contribution in [-0.2, 0) is 0 Å². The first-order chi connectivity index (χ1) is 7.74. The number of alkyl halides is 2. The second-order valence-electron chi connectivity index (χ2n) is 3.74. The van der Waals surface area contributed by atoms with E-state index >= 15 is 0 Å². The van der Waals surface area contributed by atoms with E-state index in [-0.39, 0.29) is 5.75 Å². The van der Waals surface area contributed by atoms with Gasteiger partial charge in [0, 0.05) is 24.3 Å². The molecule has 0 aliphatic carbocycles. The Bertz CT molecular complexity index is 341. The average molecular weight is 228 g/mol. The van der Waals surface area contributed by atoms with E-state index in [1.54, 1.807) is 12.1 Å². The molecule has 2 rings (SSSR count). The van der Waals surface area contributed by atoms with Crippen molar-refractivity contribution in [1.82, 2.24) is 5.32 Å². The molecular weight excluding hydrogens is 214 g/mol. The maximum absolute atomic E-state index is 12.0. The molecule has 1 aliphatic heterocycles. The highest BCUT2D eigenvalue weighted by atomic mass is 19.3. The second-order valence-corrected chi connectivity index (χ2v) is 3.74. The maximum atomic E-state index is 12.0. The predicted octanol–water partition coefficient (Wildman–Crippen LogP) is 2.06. The normalized spacial score (nSPS) is 20.1. The maximum Gasteiger partial charge on any atom is 0.387 e. The molecule has 0 bridgehead atoms. The van der Waals surface area contributed by atoms with Crippen molar-refractivity contribution in [3.63, 3.8) is 0 Å². The fraction of sp³-hybridized carbons (Fsp3) is 0.455. The summed E-state index contributed by atoms with van der Waals surface area (Å²) in [6.45, 7) is -0.881. The van der Waals surface area contributed by atoms with E-state index in [1.165, 1.54) is 6.07 Å². The van der Waals surface area contributed by atoms with Crippen LogP contribution in [0.2, 0.25) is 0 Å². The molecule has 1 atom stereocenters. The fourth-order valence-electron chi connectivity index (χ4n) is 1.78. The van der Waals surface area contributed by atoms with Crippen molar-refractivity contribution in [3.05, 3.63) is 24.3 Å². The Balaban J connectivity index is 1.97. The van der Waals surface area contributed by atoms with Crippen molar-refractivity contribution < 1.29 is 13.5 Å². The van der Waals surface area contributed by atoms with E-state index in [4.69, 9.17) is 0 Å². The average Bonchev–Trinajstić information content (AvgIpc) is 2.70. The highest BCUT2D eigenvalue weighted by Crippen LogP contribution is 2.20. The molecule has 1 fully saturated rings. The minimum atomic E-state index is -2.77. The van der Waals surface area contributed by atoms with Gasteiger partial charge < -0.3 is 15.4 Å². The zero-order valence-corrected chi connectivity index (χ0v) is 8.75. The summed E-state index contributed by atoms with van der Waals surface area (Å²) in [6.07, 6.45) is 1.04. The lowest BCUT2D eigenvalue weighted by atomic mass is 10.2. The summed E-state index contributed by atoms with van der Waals surface area (Å²) in [7, 11) is 0. The molecule has 1 saturated heterocycles. The molecule has 0 aromatic heterocycles. The van der Waals surface area contributed by atoms with Gasteiger partial charge in [0.25, 0.3) is 0 Å². The van der Waals surface area contributed by atoms with E-state index in [0.29, 0.717) is 6.04 Å². The van der Waals surface area contributed by atoms with Crippen molar-refractivity contribution in [2.75, 3.05) is 18.4 Å². The molecule has 1 unspecified atom stereocenters. The molecule has 3 nitrogen and oxygen atoms in total. The Labute approximate surface area is 92.8 Å². The van der Waals surface area contributed by atoms with Crippen molar-refractivity contribution in [3.8, 4) is 5.75 Å². The van der Waals surface area contributed by atoms with Crippen molar-refractivity contribution >= 4 is 5.69 Å². The zero-order valence-electron chi connectivity index (χ0n) is 8.75. The molecule has 1 aromatic carbocycles. The summed E-state index contributed by atoms with van der Waals surface area (Å²) in [5.74, 6) is 0.186. The Morgan fingerprint density at radius 3 is 3.00 bits per heavy atom. The van der Waals surface area contributed by atoms with Crippen LogP contribution in [0.25, 0.3) is 0 Å². The van der Waals surface area contributed by atoms with Gasteiger partial charge in [-0.15, -0.1) is 0 Å². The topological polar surface area (TPSA) is 33.3 Å². The molecule has 1 heterocycles. The molecule has 0 spiro atoms. The third kappa shape index (κ3) is 3.06. The third-order valence-electron chi connectivity index (χ3n) is 2.49. The molecule has 0 amide bonds. The second kappa shape index (κ2) is 5.12. The monoisotopic (exact) mass is 228 g/mol. The minimum Gasteiger partial charge on any atom is -0.435 e. The first kappa shape index (κ1) is 11.1. The standard InChI is InChI=1S/C11H14F2N2O/c12-11(13)16-10-3-1-2-8(6-10)15-9-4-5-14-7-9/h1-3,6,9,11,14-15H,4-5,7H2. The van der Waals surface area contributed by atoms with Gasteiger partial charge in [0.05, 0.1) is 0 Å². The van der Waals surface area contributed by atoms with E-state index < -0.39 is 6.61 Å². The van der Waals surface area contributed by atoms with Crippen LogP contribution in [0, 0.1) is 0 Å². The van der Waals surface area contributed by atoms with Crippen molar-refractivity contribution in [1.29, 1.82) is 0 Å². The lowest BCUT2D eigenvalue weighted by Gasteiger charge is -2.13. The van der Waals surface area contributed by atoms with Gasteiger partial charge in [-0.05, 0) is 25.1 Å². The summed E-state index contributed by atoms with van der Waals surface area (Å²) < 4.78 is 28.3. The molecule has 16 heavy (non-hydrogen) atoms. The highest BCUT2D eigenvalue weighted by Gasteiger charge is 2.14. The van der Waals surface area contributed by atoms with Gasteiger partial charge in [0.2, 0.25) is 0 Å². The van der Waals surface area contributed by atoms with Crippen LogP contribution in [0.15, 0.2) is 24.3 Å². The van der Waals surface area contributed by atoms with Gasteiger partial charge >= 0.3 is 6.61 Å². The van der Waals surface area contributed by atoms with E-state index in [2.05, 4.69) is 15.4 Å². The molecule has 0 radical (unpaired) electrons. The lowest BCUT2D eigenvalue weighted by molar-refractivity contribution is -0.0498. The lowest BCUT2D eigenvalue weighted by Crippen LogP contribution is -2.22. The SMILES string of the molecule is FC(F)Oc1cccc(NC2CCNC2)c1. The van der Waals surface area contributed by atoms with Gasteiger partial charge in [-0.2, -0.15) is 8.78 Å². The smallest absolute Gasteiger partial charge is 0.387 e. The zero-order chi connectivity index (χ0) is 11.4. The van der Waals surface area contributed by atoms with Gasteiger partial charge in [-0.1, -0.05) is 6.07 Å². The largest absolute Gasteiger partial charge is 0.435 e. The molecule has 88 valence electrons. The summed E-state index contributed by atoms with van der Waals surface area (Å²) >= 11 is 0. The summed E-state index contributed by atoms with van der Waals surface area (Å²) in [5, 5.41) is 6.49. The van der Waals surface area contributed by atoms with Crippen LogP contribution < -0.4 is 15.4 Å². The molecule has 5 heteroatoms. The summed E-state index contributed by atoms with van der Waals surface area (Å²) in [5.41, 5.74) is 0.812. The molecule has 2 N–H and O–H groups in total. The number of halogens is 2. The van der Waals surface area contributed by atoms with Gasteiger partial charge in [-0.25, -0.2) is 0 Å². The highest BCUT2D eigenvalue weighted by molar-refractivity contribution is 5.49. The quantitative estimate of drug-likeness (QED) is 0.827. The Hall–Kier alpha value is -1.36. The van der Waals surface area contributed by atoms with Crippen LogP contribution >= 0.6 is 0 Å². The molecule has 1 aliphatic rings. The Morgan fingerprint density at radius 1 is 1.44 bits per heavy atom. The van der Waals surface area contributed by atoms with Crippen molar-refractivity contribution in [2.45, 2.75) is 19.1 Å². The number of hydrogen-bond acceptors (Lipinski definition) is 3. The first-order valence-corrected chi connectivity index (χ1v) is 5.26. The van der Waals surface area contributed by atoms with Crippen molar-refractivity contribution in [2.24, 2.45) is 0 Å². The minimum absolute atomic E-state index is 0.186. The van der Waals surface area contributed by atoms with E-state index in [0.717, 1.165) is 25.2 Å². The number of rotatable bonds is 4. The van der Waals surface area contributed by atoms with Gasteiger partial charge in [-0.3, -0.25) is 0 Å². The number of ether oxygens (including phenoxy) is 1. The van der Waals surface area contributed by atoms with Crippen LogP contribution in [0.3, 0.4) is 0 Å². The Morgan fingerprint density at radius 2 is 2.31 bits per heavy atom. The van der Waals surface area contributed by atoms with E-state index in [1.807, 2.05) is 6.07 Å². The third-order valence-corrected chi connectivity index (χ3v) is 2.49. The predicted molar refractivity (Wildman–Crippen MR) is 58.0 cm³/mol. The molecule has 1 aromatic rings. The Kier molecular flexibility index (Phi) is 3.56. The van der Waals surface area contributed by atoms with Gasteiger partial charge in [0.15, 0.2) is 0 Å². The number of benzene rings is 1. The van der Waals surface area contributed by atoms with Crippen LogP contribution in [0.5, 0.6) is 5.75 Å². The summed E-state index contributed by atoms with van der Waals surface area (Å²) in [6, 6.07) is 7.01. The number of nitrogens with one attached hydrogen (secondary N) is 2. The van der Waals surface area contributed by atoms with Crippen LogP contribution in [0.1, 0.15) is 6.42 Å². The van der Waals surface area contributed by atoms with Crippen LogP contribution in [0.4, 0.5) is 14.5 Å². The van der Waals surface area contributed by atoms with Gasteiger partial charge in [0.1, 0.15) is 5.75 Å². The molecular formula is C11H14F2N2O. The summed E-state index contributed by atoms with van der Waals surface area (Å²) in [4.78, 5) is 0. The fourth-order valence-corrected chi connectivity index (χ4v) is 1.78. The van der Waals surface area contributed by atoms with E-state index in [9.17, 15) is 8.78 Å². The number of hydrogen-bond donors (Lipinski definition) is 2. The first-order valence-electron chi connectivity index (χ1n) is 5.26.